The largest absolute Gasteiger partial charge is 0.313 e. The Morgan fingerprint density at radius 3 is 2.72 bits per heavy atom. The van der Waals surface area contributed by atoms with Crippen LogP contribution in [0, 0.1) is 22.7 Å². The van der Waals surface area contributed by atoms with Crippen molar-refractivity contribution in [3.63, 3.8) is 0 Å². The van der Waals surface area contributed by atoms with E-state index in [9.17, 15) is 0 Å². The second-order valence-electron chi connectivity index (χ2n) is 6.72. The summed E-state index contributed by atoms with van der Waals surface area (Å²) in [4.78, 5) is 2.61. The summed E-state index contributed by atoms with van der Waals surface area (Å²) in [7, 11) is 0. The molecule has 1 aliphatic carbocycles. The lowest BCUT2D eigenvalue weighted by molar-refractivity contribution is 0.184. The van der Waals surface area contributed by atoms with Crippen molar-refractivity contribution in [3.05, 3.63) is 0 Å². The minimum atomic E-state index is 0.349. The Bertz CT molecular complexity index is 295. The Hall–Kier alpha value is -0.590. The third-order valence-electron chi connectivity index (χ3n) is 4.23. The first-order valence-electron chi connectivity index (χ1n) is 7.46. The number of hydrogen-bond donors (Lipinski definition) is 1. The smallest absolute Gasteiger partial charge is 0.0628 e. The van der Waals surface area contributed by atoms with Crippen LogP contribution in [0.5, 0.6) is 0 Å². The van der Waals surface area contributed by atoms with E-state index in [0.717, 1.165) is 13.0 Å². The summed E-state index contributed by atoms with van der Waals surface area (Å²) in [5.74, 6) is 0.712. The molecule has 0 radical (unpaired) electrons. The molecule has 1 atom stereocenters. The van der Waals surface area contributed by atoms with Crippen LogP contribution in [-0.4, -0.2) is 37.1 Å². The molecule has 0 aromatic carbocycles. The van der Waals surface area contributed by atoms with Crippen LogP contribution in [0.1, 0.15) is 46.0 Å². The standard InChI is InChI=1S/C15H27N3/c1-13(2)10-18(11-14-4-3-9-17-14)12-15(5-6-15)7-8-16/h13-14,17H,3-7,9-12H2,1-2H3. The van der Waals surface area contributed by atoms with Crippen molar-refractivity contribution in [1.82, 2.24) is 10.2 Å². The SMILES string of the molecule is CC(C)CN(CC1CCCN1)CC1(CC#N)CC1. The fraction of sp³-hybridized carbons (Fsp3) is 0.933. The monoisotopic (exact) mass is 249 g/mol. The maximum Gasteiger partial charge on any atom is 0.0628 e. The molecule has 102 valence electrons. The van der Waals surface area contributed by atoms with E-state index in [0.29, 0.717) is 17.4 Å². The van der Waals surface area contributed by atoms with Gasteiger partial charge in [-0.2, -0.15) is 5.26 Å². The molecule has 1 heterocycles. The van der Waals surface area contributed by atoms with Gasteiger partial charge in [-0.25, -0.2) is 0 Å². The lowest BCUT2D eigenvalue weighted by Gasteiger charge is -2.30. The number of rotatable bonds is 7. The van der Waals surface area contributed by atoms with Gasteiger partial charge in [0.25, 0.3) is 0 Å². The van der Waals surface area contributed by atoms with E-state index >= 15 is 0 Å². The van der Waals surface area contributed by atoms with Crippen molar-refractivity contribution < 1.29 is 0 Å². The first kappa shape index (κ1) is 13.8. The zero-order chi connectivity index (χ0) is 13.0. The lowest BCUT2D eigenvalue weighted by Crippen LogP contribution is -2.42. The molecule has 2 aliphatic rings. The summed E-state index contributed by atoms with van der Waals surface area (Å²) in [5, 5.41) is 12.5. The van der Waals surface area contributed by atoms with Crippen molar-refractivity contribution >= 4 is 0 Å². The molecule has 1 saturated carbocycles. The Morgan fingerprint density at radius 1 is 1.44 bits per heavy atom. The molecule has 1 saturated heterocycles. The topological polar surface area (TPSA) is 39.1 Å². The Balaban J connectivity index is 1.86. The van der Waals surface area contributed by atoms with E-state index in [4.69, 9.17) is 5.26 Å². The molecular formula is C15H27N3. The van der Waals surface area contributed by atoms with E-state index in [1.807, 2.05) is 0 Å². The quantitative estimate of drug-likeness (QED) is 0.753. The van der Waals surface area contributed by atoms with E-state index in [2.05, 4.69) is 30.1 Å². The Morgan fingerprint density at radius 2 is 2.22 bits per heavy atom. The Labute approximate surface area is 112 Å². The van der Waals surface area contributed by atoms with Crippen molar-refractivity contribution in [2.24, 2.45) is 11.3 Å². The highest BCUT2D eigenvalue weighted by Crippen LogP contribution is 2.49. The second kappa shape index (κ2) is 6.04. The predicted octanol–water partition coefficient (Wildman–Crippen LogP) is 2.39. The van der Waals surface area contributed by atoms with Crippen LogP contribution in [-0.2, 0) is 0 Å². The van der Waals surface area contributed by atoms with Gasteiger partial charge in [0.1, 0.15) is 0 Å². The maximum absolute atomic E-state index is 8.94. The average molecular weight is 249 g/mol. The molecule has 2 fully saturated rings. The van der Waals surface area contributed by atoms with Crippen LogP contribution in [0.25, 0.3) is 0 Å². The van der Waals surface area contributed by atoms with Gasteiger partial charge in [-0.3, -0.25) is 0 Å². The average Bonchev–Trinajstić information content (AvgIpc) is 2.85. The molecule has 18 heavy (non-hydrogen) atoms. The van der Waals surface area contributed by atoms with Crippen LogP contribution >= 0.6 is 0 Å². The van der Waals surface area contributed by atoms with Gasteiger partial charge in [-0.15, -0.1) is 0 Å². The van der Waals surface area contributed by atoms with Crippen LogP contribution in [0.4, 0.5) is 0 Å². The molecule has 1 N–H and O–H groups in total. The van der Waals surface area contributed by atoms with E-state index in [-0.39, 0.29) is 0 Å². The van der Waals surface area contributed by atoms with E-state index < -0.39 is 0 Å². The molecule has 1 unspecified atom stereocenters. The minimum Gasteiger partial charge on any atom is -0.313 e. The third kappa shape index (κ3) is 3.96. The fourth-order valence-corrected chi connectivity index (χ4v) is 3.15. The van der Waals surface area contributed by atoms with Crippen LogP contribution in [0.3, 0.4) is 0 Å². The molecule has 3 heteroatoms. The zero-order valence-corrected chi connectivity index (χ0v) is 11.9. The Kier molecular flexibility index (Phi) is 4.64. The first-order chi connectivity index (χ1) is 8.63. The molecule has 0 bridgehead atoms. The highest BCUT2D eigenvalue weighted by atomic mass is 15.2. The summed E-state index contributed by atoms with van der Waals surface area (Å²) in [5.41, 5.74) is 0.349. The van der Waals surface area contributed by atoms with Gasteiger partial charge >= 0.3 is 0 Å². The summed E-state index contributed by atoms with van der Waals surface area (Å²) in [6.45, 7) is 9.25. The summed E-state index contributed by atoms with van der Waals surface area (Å²) in [6, 6.07) is 3.06. The molecule has 1 aliphatic heterocycles. The van der Waals surface area contributed by atoms with E-state index in [1.165, 1.54) is 45.3 Å². The van der Waals surface area contributed by atoms with Gasteiger partial charge in [0, 0.05) is 32.1 Å². The molecule has 3 nitrogen and oxygen atoms in total. The molecule has 0 amide bonds. The van der Waals surface area contributed by atoms with Gasteiger partial charge in [0.15, 0.2) is 0 Å². The van der Waals surface area contributed by atoms with Gasteiger partial charge in [-0.1, -0.05) is 13.8 Å². The number of nitrogens with zero attached hydrogens (tertiary/aromatic N) is 2. The second-order valence-corrected chi connectivity index (χ2v) is 6.72. The summed E-state index contributed by atoms with van der Waals surface area (Å²) in [6.07, 6.45) is 5.91. The lowest BCUT2D eigenvalue weighted by atomic mass is 10.0. The molecular weight excluding hydrogens is 222 g/mol. The summed E-state index contributed by atoms with van der Waals surface area (Å²) >= 11 is 0. The van der Waals surface area contributed by atoms with Gasteiger partial charge in [0.05, 0.1) is 6.07 Å². The fourth-order valence-electron chi connectivity index (χ4n) is 3.15. The molecule has 0 aromatic rings. The first-order valence-corrected chi connectivity index (χ1v) is 7.46. The minimum absolute atomic E-state index is 0.349. The normalized spacial score (nSPS) is 25.6. The molecule has 0 aromatic heterocycles. The van der Waals surface area contributed by atoms with Crippen molar-refractivity contribution in [3.8, 4) is 6.07 Å². The number of nitriles is 1. The number of nitrogens with one attached hydrogen (secondary N) is 1. The van der Waals surface area contributed by atoms with Crippen LogP contribution < -0.4 is 5.32 Å². The zero-order valence-electron chi connectivity index (χ0n) is 11.9. The third-order valence-corrected chi connectivity index (χ3v) is 4.23. The van der Waals surface area contributed by atoms with E-state index in [1.54, 1.807) is 0 Å². The van der Waals surface area contributed by atoms with Crippen LogP contribution in [0.2, 0.25) is 0 Å². The van der Waals surface area contributed by atoms with Gasteiger partial charge in [-0.05, 0) is 43.6 Å². The van der Waals surface area contributed by atoms with Crippen molar-refractivity contribution in [1.29, 1.82) is 5.26 Å². The van der Waals surface area contributed by atoms with Gasteiger partial charge < -0.3 is 10.2 Å². The molecule has 0 spiro atoms. The maximum atomic E-state index is 8.94. The van der Waals surface area contributed by atoms with Crippen LogP contribution in [0.15, 0.2) is 0 Å². The van der Waals surface area contributed by atoms with Crippen molar-refractivity contribution in [2.45, 2.75) is 52.0 Å². The summed E-state index contributed by atoms with van der Waals surface area (Å²) < 4.78 is 0. The van der Waals surface area contributed by atoms with Gasteiger partial charge in [0.2, 0.25) is 0 Å². The molecule has 2 rings (SSSR count). The number of hydrogen-bond acceptors (Lipinski definition) is 3. The van der Waals surface area contributed by atoms with Crippen molar-refractivity contribution in [2.75, 3.05) is 26.2 Å². The highest BCUT2D eigenvalue weighted by molar-refractivity contribution is 5.01. The highest BCUT2D eigenvalue weighted by Gasteiger charge is 2.43. The predicted molar refractivity (Wildman–Crippen MR) is 74.2 cm³/mol.